The van der Waals surface area contributed by atoms with E-state index in [0.717, 1.165) is 41.9 Å². The highest BCUT2D eigenvalue weighted by Crippen LogP contribution is 2.32. The van der Waals surface area contributed by atoms with Crippen molar-refractivity contribution in [2.75, 3.05) is 18.1 Å². The molecule has 1 saturated heterocycles. The summed E-state index contributed by atoms with van der Waals surface area (Å²) in [7, 11) is 0. The average molecular weight is 399 g/mol. The second-order valence-electron chi connectivity index (χ2n) is 7.44. The van der Waals surface area contributed by atoms with Crippen molar-refractivity contribution in [2.45, 2.75) is 53.2 Å². The summed E-state index contributed by atoms with van der Waals surface area (Å²) in [6.45, 7) is 10.2. The number of rotatable bonds is 5. The van der Waals surface area contributed by atoms with Crippen LogP contribution < -0.4 is 4.90 Å². The maximum atomic E-state index is 13.4. The van der Waals surface area contributed by atoms with E-state index < -0.39 is 0 Å². The van der Waals surface area contributed by atoms with E-state index in [2.05, 4.69) is 31.1 Å². The van der Waals surface area contributed by atoms with Crippen LogP contribution in [0.1, 0.15) is 47.1 Å². The second kappa shape index (κ2) is 7.64. The van der Waals surface area contributed by atoms with E-state index in [1.165, 1.54) is 11.1 Å². The van der Waals surface area contributed by atoms with Gasteiger partial charge < -0.3 is 4.74 Å². The van der Waals surface area contributed by atoms with Crippen LogP contribution in [0.3, 0.4) is 0 Å². The Hall–Kier alpha value is -2.25. The number of aryl methyl sites for hydroxylation is 4. The SMILES string of the molecule is CCn1nc(C(=O)N(CC2CCCO2)c2nc3cc(C)c(C)cc3s2)cc1C. The fraction of sp³-hybridized carbons (Fsp3) is 0.476. The molecule has 2 aromatic heterocycles. The number of carbonyl (C=O) groups is 1. The maximum absolute atomic E-state index is 13.4. The molecule has 3 aromatic rings. The van der Waals surface area contributed by atoms with Crippen molar-refractivity contribution in [3.63, 3.8) is 0 Å². The third-order valence-corrected chi connectivity index (χ3v) is 6.42. The van der Waals surface area contributed by atoms with Gasteiger partial charge in [0.05, 0.1) is 22.9 Å². The van der Waals surface area contributed by atoms with Crippen molar-refractivity contribution in [1.29, 1.82) is 0 Å². The van der Waals surface area contributed by atoms with Crippen molar-refractivity contribution in [1.82, 2.24) is 14.8 Å². The zero-order valence-corrected chi connectivity index (χ0v) is 17.7. The minimum atomic E-state index is -0.113. The van der Waals surface area contributed by atoms with E-state index in [4.69, 9.17) is 9.72 Å². The quantitative estimate of drug-likeness (QED) is 0.644. The fourth-order valence-electron chi connectivity index (χ4n) is 3.60. The van der Waals surface area contributed by atoms with Gasteiger partial charge in [-0.1, -0.05) is 11.3 Å². The smallest absolute Gasteiger partial charge is 0.280 e. The summed E-state index contributed by atoms with van der Waals surface area (Å²) in [6.07, 6.45) is 2.05. The molecule has 0 radical (unpaired) electrons. The summed E-state index contributed by atoms with van der Waals surface area (Å²) >= 11 is 1.56. The van der Waals surface area contributed by atoms with Gasteiger partial charge in [0.1, 0.15) is 0 Å². The van der Waals surface area contributed by atoms with Crippen molar-refractivity contribution < 1.29 is 9.53 Å². The summed E-state index contributed by atoms with van der Waals surface area (Å²) in [6, 6.07) is 6.10. The number of aromatic nitrogens is 3. The third kappa shape index (κ3) is 3.56. The lowest BCUT2D eigenvalue weighted by atomic mass is 10.1. The van der Waals surface area contributed by atoms with Gasteiger partial charge in [0.2, 0.25) is 0 Å². The normalized spacial score (nSPS) is 16.8. The Morgan fingerprint density at radius 1 is 1.29 bits per heavy atom. The molecule has 7 heteroatoms. The van der Waals surface area contributed by atoms with Crippen LogP contribution in [0.15, 0.2) is 18.2 Å². The second-order valence-corrected chi connectivity index (χ2v) is 8.45. The van der Waals surface area contributed by atoms with Gasteiger partial charge >= 0.3 is 0 Å². The molecule has 0 bridgehead atoms. The first-order valence-corrected chi connectivity index (χ1v) is 10.6. The molecular weight excluding hydrogens is 372 g/mol. The van der Waals surface area contributed by atoms with Crippen LogP contribution >= 0.6 is 11.3 Å². The van der Waals surface area contributed by atoms with E-state index >= 15 is 0 Å². The van der Waals surface area contributed by atoms with Crippen LogP contribution in [-0.4, -0.2) is 39.9 Å². The fourth-order valence-corrected chi connectivity index (χ4v) is 4.65. The standard InChI is InChI=1S/C21H26N4O2S/c1-5-25-15(4)11-18(23-25)20(26)24(12-16-7-6-8-27-16)21-22-17-9-13(2)14(3)10-19(17)28-21/h9-11,16H,5-8,12H2,1-4H3. The number of hydrogen-bond donors (Lipinski definition) is 0. The van der Waals surface area contributed by atoms with Crippen LogP contribution in [0.25, 0.3) is 10.2 Å². The molecule has 0 saturated carbocycles. The van der Waals surface area contributed by atoms with Crippen LogP contribution in [-0.2, 0) is 11.3 Å². The number of nitrogens with zero attached hydrogens (tertiary/aromatic N) is 4. The highest BCUT2D eigenvalue weighted by atomic mass is 32.1. The van der Waals surface area contributed by atoms with Gasteiger partial charge in [0.25, 0.3) is 5.91 Å². The zero-order chi connectivity index (χ0) is 19.8. The van der Waals surface area contributed by atoms with Crippen LogP contribution in [0.4, 0.5) is 5.13 Å². The molecule has 28 heavy (non-hydrogen) atoms. The molecular formula is C21H26N4O2S. The van der Waals surface area contributed by atoms with E-state index in [-0.39, 0.29) is 12.0 Å². The number of carbonyl (C=O) groups excluding carboxylic acids is 1. The molecule has 4 rings (SSSR count). The summed E-state index contributed by atoms with van der Waals surface area (Å²) < 4.78 is 8.76. The van der Waals surface area contributed by atoms with E-state index in [9.17, 15) is 4.79 Å². The minimum Gasteiger partial charge on any atom is -0.376 e. The minimum absolute atomic E-state index is 0.0498. The Kier molecular flexibility index (Phi) is 5.21. The van der Waals surface area contributed by atoms with Gasteiger partial charge in [-0.3, -0.25) is 14.4 Å². The average Bonchev–Trinajstić information content (AvgIpc) is 3.39. The molecule has 0 N–H and O–H groups in total. The number of anilines is 1. The molecule has 3 heterocycles. The Labute approximate surface area is 169 Å². The highest BCUT2D eigenvalue weighted by Gasteiger charge is 2.28. The summed E-state index contributed by atoms with van der Waals surface area (Å²) in [5.74, 6) is -0.113. The number of amides is 1. The van der Waals surface area contributed by atoms with Gasteiger partial charge in [-0.15, -0.1) is 0 Å². The van der Waals surface area contributed by atoms with Gasteiger partial charge in [-0.05, 0) is 69.9 Å². The molecule has 1 atom stereocenters. The first kappa shape index (κ1) is 19.1. The van der Waals surface area contributed by atoms with E-state index in [1.54, 1.807) is 16.2 Å². The molecule has 0 aliphatic carbocycles. The molecule has 148 valence electrons. The van der Waals surface area contributed by atoms with Crippen molar-refractivity contribution in [3.05, 3.63) is 40.7 Å². The predicted octanol–water partition coefficient (Wildman–Crippen LogP) is 4.26. The van der Waals surface area contributed by atoms with Crippen molar-refractivity contribution >= 4 is 32.6 Å². The number of hydrogen-bond acceptors (Lipinski definition) is 5. The Balaban J connectivity index is 1.73. The largest absolute Gasteiger partial charge is 0.376 e. The first-order chi connectivity index (χ1) is 13.5. The van der Waals surface area contributed by atoms with E-state index in [1.807, 2.05) is 24.6 Å². The molecule has 1 aliphatic heterocycles. The summed E-state index contributed by atoms with van der Waals surface area (Å²) in [5, 5.41) is 5.21. The number of benzene rings is 1. The lowest BCUT2D eigenvalue weighted by Crippen LogP contribution is -2.37. The van der Waals surface area contributed by atoms with E-state index in [0.29, 0.717) is 17.4 Å². The summed E-state index contributed by atoms with van der Waals surface area (Å²) in [4.78, 5) is 19.9. The Morgan fingerprint density at radius 2 is 2.07 bits per heavy atom. The van der Waals surface area contributed by atoms with Gasteiger partial charge in [-0.25, -0.2) is 4.98 Å². The predicted molar refractivity (Wildman–Crippen MR) is 112 cm³/mol. The van der Waals surface area contributed by atoms with Gasteiger partial charge in [0.15, 0.2) is 10.8 Å². The van der Waals surface area contributed by atoms with Crippen LogP contribution in [0, 0.1) is 20.8 Å². The number of thiazole rings is 1. The number of ether oxygens (including phenoxy) is 1. The Morgan fingerprint density at radius 3 is 2.75 bits per heavy atom. The van der Waals surface area contributed by atoms with Crippen LogP contribution in [0.5, 0.6) is 0 Å². The molecule has 1 unspecified atom stereocenters. The topological polar surface area (TPSA) is 60.2 Å². The molecule has 6 nitrogen and oxygen atoms in total. The zero-order valence-electron chi connectivity index (χ0n) is 16.9. The Bertz CT molecular complexity index is 978. The van der Waals surface area contributed by atoms with Crippen molar-refractivity contribution in [2.24, 2.45) is 0 Å². The molecule has 1 amide bonds. The molecule has 1 aromatic carbocycles. The number of fused-ring (bicyclic) bond motifs is 1. The molecule has 1 aliphatic rings. The lowest BCUT2D eigenvalue weighted by molar-refractivity contribution is 0.0912. The van der Waals surface area contributed by atoms with Gasteiger partial charge in [0, 0.05) is 18.8 Å². The monoisotopic (exact) mass is 398 g/mol. The summed E-state index contributed by atoms with van der Waals surface area (Å²) in [5.41, 5.74) is 4.82. The maximum Gasteiger partial charge on any atom is 0.280 e. The van der Waals surface area contributed by atoms with Gasteiger partial charge in [-0.2, -0.15) is 5.10 Å². The molecule has 0 spiro atoms. The van der Waals surface area contributed by atoms with Crippen molar-refractivity contribution in [3.8, 4) is 0 Å². The van der Waals surface area contributed by atoms with Crippen LogP contribution in [0.2, 0.25) is 0 Å². The third-order valence-electron chi connectivity index (χ3n) is 5.38. The lowest BCUT2D eigenvalue weighted by Gasteiger charge is -2.22. The molecule has 1 fully saturated rings. The first-order valence-electron chi connectivity index (χ1n) is 9.82. The highest BCUT2D eigenvalue weighted by molar-refractivity contribution is 7.22.